The molecule has 5 rings (SSSR count). The fraction of sp³-hybridized carbons (Fsp3) is 0.485. The highest BCUT2D eigenvalue weighted by Crippen LogP contribution is 2.55. The topological polar surface area (TPSA) is 156 Å². The molecule has 45 heavy (non-hydrogen) atoms. The molecular weight excluding hydrogens is 582 g/mol. The van der Waals surface area contributed by atoms with E-state index in [2.05, 4.69) is 6.07 Å². The highest BCUT2D eigenvalue weighted by Gasteiger charge is 2.59. The molecule has 3 aliphatic heterocycles. The van der Waals surface area contributed by atoms with E-state index in [1.807, 2.05) is 16.8 Å². The van der Waals surface area contributed by atoms with E-state index in [-0.39, 0.29) is 53.8 Å². The highest BCUT2D eigenvalue weighted by molar-refractivity contribution is 6.25. The van der Waals surface area contributed by atoms with Crippen molar-refractivity contribution < 1.29 is 43.2 Å². The van der Waals surface area contributed by atoms with Gasteiger partial charge >= 0.3 is 11.9 Å². The molecule has 0 amide bonds. The van der Waals surface area contributed by atoms with Gasteiger partial charge < -0.3 is 24.1 Å². The van der Waals surface area contributed by atoms with Crippen LogP contribution in [-0.4, -0.2) is 90.5 Å². The molecule has 2 bridgehead atoms. The number of Topliss-reactive ketones (excluding diaryl/α,β-unsaturated/α-hetero) is 2. The predicted octanol–water partition coefficient (Wildman–Crippen LogP) is 2.76. The zero-order chi connectivity index (χ0) is 33.1. The number of nitriles is 1. The van der Waals surface area contributed by atoms with Crippen LogP contribution in [0.2, 0.25) is 0 Å². The van der Waals surface area contributed by atoms with Gasteiger partial charge in [-0.3, -0.25) is 24.2 Å². The summed E-state index contributed by atoms with van der Waals surface area (Å²) < 4.78 is 22.4. The first-order chi connectivity index (χ1) is 21.3. The van der Waals surface area contributed by atoms with Crippen LogP contribution < -0.4 is 9.47 Å². The minimum atomic E-state index is -0.907. The molecule has 0 saturated carbocycles. The maximum atomic E-state index is 14.0. The Morgan fingerprint density at radius 1 is 1.07 bits per heavy atom. The van der Waals surface area contributed by atoms with Crippen LogP contribution in [0.1, 0.15) is 56.8 Å². The predicted molar refractivity (Wildman–Crippen MR) is 159 cm³/mol. The number of aromatic hydroxyl groups is 1. The van der Waals surface area contributed by atoms with Crippen molar-refractivity contribution in [3.8, 4) is 23.3 Å². The van der Waals surface area contributed by atoms with Gasteiger partial charge in [0.25, 0.3) is 0 Å². The van der Waals surface area contributed by atoms with Crippen LogP contribution in [-0.2, 0) is 35.1 Å². The average molecular weight is 620 g/mol. The molecule has 4 aliphatic rings. The van der Waals surface area contributed by atoms with Crippen LogP contribution in [0.5, 0.6) is 17.2 Å². The number of likely N-dealkylation sites (N-methyl/N-ethyl adjacent to an activating group) is 1. The number of hydrogen-bond acceptors (Lipinski definition) is 12. The molecule has 1 aromatic carbocycles. The number of rotatable bonds is 6. The summed E-state index contributed by atoms with van der Waals surface area (Å²) in [6.07, 6.45) is 1.88. The normalized spacial score (nSPS) is 26.5. The third-order valence-corrected chi connectivity index (χ3v) is 9.61. The van der Waals surface area contributed by atoms with Crippen molar-refractivity contribution in [1.82, 2.24) is 9.80 Å². The summed E-state index contributed by atoms with van der Waals surface area (Å²) in [5, 5.41) is 22.3. The summed E-state index contributed by atoms with van der Waals surface area (Å²) in [6.45, 7) is 7.52. The summed E-state index contributed by atoms with van der Waals surface area (Å²) in [5.41, 5.74) is 2.37. The standard InChI is InChI=1S/C33H37N3O9/c1-9-14(2)33(41)44-13-23-24-19(30(45-17(5)37)16(4)32(43-8)28(24)39)11-21-26-25-18(27(38)15(3)31(42-7)29(25)40)10-20(35(26)6)22(12-34)36(21)23/h9,20-23,26,39H,10-11,13H2,1-8H3/b14-9-/t20-,21+,22+,23+,26+/m1/s1. The minimum absolute atomic E-state index is 0.0260. The van der Waals surface area contributed by atoms with E-state index in [1.165, 1.54) is 21.1 Å². The van der Waals surface area contributed by atoms with Gasteiger partial charge in [0, 0.05) is 58.0 Å². The van der Waals surface area contributed by atoms with Crippen molar-refractivity contribution >= 4 is 23.5 Å². The molecule has 1 aromatic rings. The van der Waals surface area contributed by atoms with Crippen LogP contribution in [0.4, 0.5) is 0 Å². The van der Waals surface area contributed by atoms with Crippen molar-refractivity contribution in [1.29, 1.82) is 5.26 Å². The number of carbonyl (C=O) groups is 4. The second kappa shape index (κ2) is 11.8. The molecule has 1 fully saturated rings. The molecule has 5 atom stereocenters. The molecule has 3 heterocycles. The van der Waals surface area contributed by atoms with Gasteiger partial charge in [-0.05, 0) is 47.6 Å². The van der Waals surface area contributed by atoms with E-state index in [9.17, 15) is 29.5 Å². The summed E-state index contributed by atoms with van der Waals surface area (Å²) in [7, 11) is 4.55. The number of ketones is 2. The van der Waals surface area contributed by atoms with Gasteiger partial charge in [0.15, 0.2) is 23.0 Å². The Morgan fingerprint density at radius 3 is 2.33 bits per heavy atom. The number of methoxy groups -OCH3 is 2. The van der Waals surface area contributed by atoms with Crippen LogP contribution in [0.25, 0.3) is 0 Å². The van der Waals surface area contributed by atoms with E-state index < -0.39 is 47.9 Å². The second-order valence-electron chi connectivity index (χ2n) is 11.8. The first kappa shape index (κ1) is 31.9. The second-order valence-corrected chi connectivity index (χ2v) is 11.8. The number of fused-ring (bicyclic) bond motifs is 6. The van der Waals surface area contributed by atoms with Gasteiger partial charge in [0.1, 0.15) is 18.4 Å². The Labute approximate surface area is 261 Å². The van der Waals surface area contributed by atoms with Gasteiger partial charge in [-0.25, -0.2) is 4.79 Å². The molecule has 1 N–H and O–H groups in total. The molecule has 0 radical (unpaired) electrons. The average Bonchev–Trinajstić information content (AvgIpc) is 3.00. The van der Waals surface area contributed by atoms with E-state index in [0.717, 1.165) is 0 Å². The lowest BCUT2D eigenvalue weighted by Crippen LogP contribution is -2.72. The van der Waals surface area contributed by atoms with Crippen molar-refractivity contribution in [2.45, 2.75) is 77.7 Å². The Hall–Kier alpha value is -4.47. The van der Waals surface area contributed by atoms with E-state index in [0.29, 0.717) is 33.4 Å². The van der Waals surface area contributed by atoms with Crippen LogP contribution in [0.15, 0.2) is 34.1 Å². The van der Waals surface area contributed by atoms with Crippen molar-refractivity contribution in [2.75, 3.05) is 27.9 Å². The highest BCUT2D eigenvalue weighted by atomic mass is 16.5. The van der Waals surface area contributed by atoms with Crippen LogP contribution in [0, 0.1) is 18.3 Å². The summed E-state index contributed by atoms with van der Waals surface area (Å²) in [6, 6.07) is -1.18. The third-order valence-electron chi connectivity index (χ3n) is 9.61. The molecule has 0 unspecified atom stereocenters. The quantitative estimate of drug-likeness (QED) is 0.215. The Morgan fingerprint density at radius 2 is 1.76 bits per heavy atom. The van der Waals surface area contributed by atoms with Gasteiger partial charge in [-0.1, -0.05) is 6.08 Å². The molecule has 12 nitrogen and oxygen atoms in total. The largest absolute Gasteiger partial charge is 0.504 e. The molecule has 12 heteroatoms. The lowest BCUT2D eigenvalue weighted by molar-refractivity contribution is -0.144. The number of carbonyl (C=O) groups excluding carboxylic acids is 4. The monoisotopic (exact) mass is 619 g/mol. The number of phenols is 1. The van der Waals surface area contributed by atoms with E-state index >= 15 is 0 Å². The molecule has 1 saturated heterocycles. The summed E-state index contributed by atoms with van der Waals surface area (Å²) in [5.74, 6) is -1.87. The Bertz CT molecular complexity index is 1660. The van der Waals surface area contributed by atoms with Crippen LogP contribution in [0.3, 0.4) is 0 Å². The van der Waals surface area contributed by atoms with Crippen molar-refractivity contribution in [2.24, 2.45) is 0 Å². The molecular formula is C33H37N3O9. The third kappa shape index (κ3) is 4.73. The number of allylic oxidation sites excluding steroid dienone is 3. The number of ether oxygens (including phenoxy) is 4. The van der Waals surface area contributed by atoms with Crippen LogP contribution >= 0.6 is 0 Å². The van der Waals surface area contributed by atoms with Gasteiger partial charge in [-0.2, -0.15) is 5.26 Å². The lowest BCUT2D eigenvalue weighted by atomic mass is 9.69. The molecule has 238 valence electrons. The molecule has 0 spiro atoms. The first-order valence-corrected chi connectivity index (χ1v) is 14.7. The number of benzene rings is 1. The molecule has 0 aromatic heterocycles. The number of piperazine rings is 1. The summed E-state index contributed by atoms with van der Waals surface area (Å²) >= 11 is 0. The van der Waals surface area contributed by atoms with Crippen molar-refractivity contribution in [3.05, 3.63) is 50.8 Å². The Kier molecular flexibility index (Phi) is 8.37. The zero-order valence-corrected chi connectivity index (χ0v) is 26.6. The van der Waals surface area contributed by atoms with Crippen molar-refractivity contribution in [3.63, 3.8) is 0 Å². The minimum Gasteiger partial charge on any atom is -0.504 e. The zero-order valence-electron chi connectivity index (χ0n) is 26.6. The lowest BCUT2D eigenvalue weighted by Gasteiger charge is -2.60. The van der Waals surface area contributed by atoms with E-state index in [4.69, 9.17) is 18.9 Å². The maximum Gasteiger partial charge on any atom is 0.333 e. The SMILES string of the molecule is C/C=C(/C)C(=O)OC[C@H]1c2c(O)c(OC)c(C)c(OC(C)=O)c2C[C@H]2[C@H]3C4=C(C[C@H]([C@H](C#N)N12)N3C)C(=O)C(C)=C(OC)C4=O. The van der Waals surface area contributed by atoms with Gasteiger partial charge in [0.2, 0.25) is 5.78 Å². The first-order valence-electron chi connectivity index (χ1n) is 14.7. The van der Waals surface area contributed by atoms with Gasteiger partial charge in [-0.15, -0.1) is 0 Å². The number of esters is 2. The fourth-order valence-electron chi connectivity index (χ4n) is 7.47. The summed E-state index contributed by atoms with van der Waals surface area (Å²) in [4.78, 5) is 56.6. The fourth-order valence-corrected chi connectivity index (χ4v) is 7.47. The number of nitrogens with zero attached hydrogens (tertiary/aromatic N) is 3. The smallest absolute Gasteiger partial charge is 0.333 e. The number of phenolic OH excluding ortho intramolecular Hbond substituents is 1. The number of hydrogen-bond donors (Lipinski definition) is 1. The van der Waals surface area contributed by atoms with E-state index in [1.54, 1.807) is 33.8 Å². The Balaban J connectivity index is 1.78. The van der Waals surface area contributed by atoms with Gasteiger partial charge in [0.05, 0.1) is 32.4 Å². The molecule has 1 aliphatic carbocycles. The maximum absolute atomic E-state index is 14.0.